The fourth-order valence-corrected chi connectivity index (χ4v) is 3.74. The number of hydrogen-bond acceptors (Lipinski definition) is 4. The van der Waals surface area contributed by atoms with Gasteiger partial charge in [-0.05, 0) is 30.5 Å². The quantitative estimate of drug-likeness (QED) is 0.826. The van der Waals surface area contributed by atoms with Crippen molar-refractivity contribution in [2.45, 2.75) is 6.92 Å². The Balaban J connectivity index is 1.53. The number of benzene rings is 1. The Labute approximate surface area is 152 Å². The first-order chi connectivity index (χ1) is 12.2. The van der Waals surface area contributed by atoms with Gasteiger partial charge in [-0.25, -0.2) is 0 Å². The molecule has 2 amide bonds. The van der Waals surface area contributed by atoms with Gasteiger partial charge >= 0.3 is 0 Å². The molecule has 0 radical (unpaired) electrons. The van der Waals surface area contributed by atoms with Crippen LogP contribution < -0.4 is 4.90 Å². The first-order valence-electron chi connectivity index (χ1n) is 8.59. The minimum atomic E-state index is 0.0976. The van der Waals surface area contributed by atoms with Gasteiger partial charge in [-0.2, -0.15) is 0 Å². The lowest BCUT2D eigenvalue weighted by Crippen LogP contribution is -2.51. The van der Waals surface area contributed by atoms with E-state index in [0.29, 0.717) is 26.2 Å². The van der Waals surface area contributed by atoms with Crippen molar-refractivity contribution in [3.05, 3.63) is 52.7 Å². The van der Waals surface area contributed by atoms with Crippen LogP contribution in [0.3, 0.4) is 0 Å². The third kappa shape index (κ3) is 4.27. The fraction of sp³-hybridized carbons (Fsp3) is 0.368. The van der Waals surface area contributed by atoms with Crippen molar-refractivity contribution in [3.8, 4) is 0 Å². The molecule has 1 aromatic carbocycles. The van der Waals surface area contributed by atoms with Crippen molar-refractivity contribution >= 4 is 28.8 Å². The Bertz CT molecular complexity index is 695. The van der Waals surface area contributed by atoms with Gasteiger partial charge in [0, 0.05) is 38.4 Å². The SMILES string of the molecule is CCN(C(=O)CN1CCN(C(=O)c2cccs2)CC1)c1ccccc1. The summed E-state index contributed by atoms with van der Waals surface area (Å²) < 4.78 is 0. The molecule has 0 bridgehead atoms. The highest BCUT2D eigenvalue weighted by Gasteiger charge is 2.25. The number of rotatable bonds is 5. The summed E-state index contributed by atoms with van der Waals surface area (Å²) in [5.74, 6) is 0.201. The highest BCUT2D eigenvalue weighted by molar-refractivity contribution is 7.12. The molecule has 0 saturated carbocycles. The second kappa shape index (κ2) is 8.27. The fourth-order valence-electron chi connectivity index (χ4n) is 3.05. The summed E-state index contributed by atoms with van der Waals surface area (Å²) in [7, 11) is 0. The Morgan fingerprint density at radius 3 is 2.36 bits per heavy atom. The van der Waals surface area contributed by atoms with Crippen LogP contribution in [-0.4, -0.2) is 60.9 Å². The Hall–Kier alpha value is -2.18. The molecule has 1 aliphatic heterocycles. The zero-order chi connectivity index (χ0) is 17.6. The summed E-state index contributed by atoms with van der Waals surface area (Å²) in [5.41, 5.74) is 0.932. The summed E-state index contributed by atoms with van der Waals surface area (Å²) in [6.45, 7) is 5.83. The lowest BCUT2D eigenvalue weighted by atomic mass is 10.2. The van der Waals surface area contributed by atoms with Gasteiger partial charge in [-0.1, -0.05) is 24.3 Å². The van der Waals surface area contributed by atoms with Gasteiger partial charge in [0.1, 0.15) is 0 Å². The highest BCUT2D eigenvalue weighted by Crippen LogP contribution is 2.16. The number of carbonyl (C=O) groups is 2. The molecule has 25 heavy (non-hydrogen) atoms. The van der Waals surface area contributed by atoms with Crippen molar-refractivity contribution in [1.82, 2.24) is 9.80 Å². The Kier molecular flexibility index (Phi) is 5.83. The van der Waals surface area contributed by atoms with E-state index < -0.39 is 0 Å². The van der Waals surface area contributed by atoms with Crippen LogP contribution in [0.2, 0.25) is 0 Å². The molecule has 1 aliphatic rings. The molecule has 132 valence electrons. The molecule has 1 fully saturated rings. The largest absolute Gasteiger partial charge is 0.335 e. The predicted molar refractivity (Wildman–Crippen MR) is 101 cm³/mol. The van der Waals surface area contributed by atoms with Gasteiger partial charge in [-0.15, -0.1) is 11.3 Å². The first kappa shape index (κ1) is 17.6. The molecule has 2 aromatic rings. The van der Waals surface area contributed by atoms with Gasteiger partial charge in [-0.3, -0.25) is 14.5 Å². The summed E-state index contributed by atoms with van der Waals surface area (Å²) >= 11 is 1.48. The maximum atomic E-state index is 12.7. The van der Waals surface area contributed by atoms with Gasteiger partial charge in [0.05, 0.1) is 11.4 Å². The standard InChI is InChI=1S/C19H23N3O2S/c1-2-22(16-7-4-3-5-8-16)18(23)15-20-10-12-21(13-11-20)19(24)17-9-6-14-25-17/h3-9,14H,2,10-13,15H2,1H3. The lowest BCUT2D eigenvalue weighted by Gasteiger charge is -2.35. The third-order valence-corrected chi connectivity index (χ3v) is 5.29. The van der Waals surface area contributed by atoms with Crippen molar-refractivity contribution in [2.75, 3.05) is 44.2 Å². The maximum absolute atomic E-state index is 12.7. The topological polar surface area (TPSA) is 43.9 Å². The van der Waals surface area contributed by atoms with E-state index in [1.165, 1.54) is 11.3 Å². The molecule has 0 N–H and O–H groups in total. The van der Waals surface area contributed by atoms with Crippen LogP contribution >= 0.6 is 11.3 Å². The van der Waals surface area contributed by atoms with E-state index in [1.54, 1.807) is 0 Å². The average molecular weight is 357 g/mol. The monoisotopic (exact) mass is 357 g/mol. The summed E-state index contributed by atoms with van der Waals surface area (Å²) in [6.07, 6.45) is 0. The molecule has 1 saturated heterocycles. The maximum Gasteiger partial charge on any atom is 0.264 e. The molecule has 0 spiro atoms. The summed E-state index contributed by atoms with van der Waals surface area (Å²) in [5, 5.41) is 1.92. The number of nitrogens with zero attached hydrogens (tertiary/aromatic N) is 3. The highest BCUT2D eigenvalue weighted by atomic mass is 32.1. The van der Waals surface area contributed by atoms with E-state index >= 15 is 0 Å². The molecule has 5 nitrogen and oxygen atoms in total. The second-order valence-corrected chi connectivity index (χ2v) is 6.97. The molecule has 3 rings (SSSR count). The van der Waals surface area contributed by atoms with Crippen LogP contribution in [0.5, 0.6) is 0 Å². The molecule has 0 aliphatic carbocycles. The van der Waals surface area contributed by atoms with Crippen LogP contribution in [0, 0.1) is 0 Å². The minimum Gasteiger partial charge on any atom is -0.335 e. The number of anilines is 1. The number of hydrogen-bond donors (Lipinski definition) is 0. The minimum absolute atomic E-state index is 0.0976. The predicted octanol–water partition coefficient (Wildman–Crippen LogP) is 2.56. The van der Waals surface area contributed by atoms with Crippen LogP contribution in [0.25, 0.3) is 0 Å². The number of likely N-dealkylation sites (N-methyl/N-ethyl adjacent to an activating group) is 1. The number of para-hydroxylation sites is 1. The molecular formula is C19H23N3O2S. The lowest BCUT2D eigenvalue weighted by molar-refractivity contribution is -0.120. The van der Waals surface area contributed by atoms with Crippen LogP contribution in [0.1, 0.15) is 16.6 Å². The normalized spacial score (nSPS) is 15.2. The van der Waals surface area contributed by atoms with Crippen LogP contribution in [0.15, 0.2) is 47.8 Å². The molecule has 0 atom stereocenters. The van der Waals surface area contributed by atoms with Crippen molar-refractivity contribution in [3.63, 3.8) is 0 Å². The van der Waals surface area contributed by atoms with E-state index in [4.69, 9.17) is 0 Å². The number of amides is 2. The van der Waals surface area contributed by atoms with E-state index in [1.807, 2.05) is 64.6 Å². The zero-order valence-electron chi connectivity index (χ0n) is 14.4. The smallest absolute Gasteiger partial charge is 0.264 e. The average Bonchev–Trinajstić information content (AvgIpc) is 3.18. The summed E-state index contributed by atoms with van der Waals surface area (Å²) in [4.78, 5) is 31.6. The van der Waals surface area contributed by atoms with Crippen molar-refractivity contribution in [2.24, 2.45) is 0 Å². The second-order valence-electron chi connectivity index (χ2n) is 6.02. The van der Waals surface area contributed by atoms with Crippen molar-refractivity contribution in [1.29, 1.82) is 0 Å². The summed E-state index contributed by atoms with van der Waals surface area (Å²) in [6, 6.07) is 13.5. The molecule has 2 heterocycles. The molecule has 6 heteroatoms. The van der Waals surface area contributed by atoms with Gasteiger partial charge in [0.2, 0.25) is 5.91 Å². The zero-order valence-corrected chi connectivity index (χ0v) is 15.2. The van der Waals surface area contributed by atoms with Crippen LogP contribution in [-0.2, 0) is 4.79 Å². The Morgan fingerprint density at radius 2 is 1.76 bits per heavy atom. The number of carbonyl (C=O) groups excluding carboxylic acids is 2. The molecule has 1 aromatic heterocycles. The third-order valence-electron chi connectivity index (χ3n) is 4.44. The number of piperazine rings is 1. The first-order valence-corrected chi connectivity index (χ1v) is 9.47. The number of thiophene rings is 1. The van der Waals surface area contributed by atoms with Gasteiger partial charge < -0.3 is 9.80 Å². The van der Waals surface area contributed by atoms with E-state index in [2.05, 4.69) is 4.90 Å². The molecule has 0 unspecified atom stereocenters. The van der Waals surface area contributed by atoms with E-state index in [9.17, 15) is 9.59 Å². The van der Waals surface area contributed by atoms with Crippen molar-refractivity contribution < 1.29 is 9.59 Å². The molecular weight excluding hydrogens is 334 g/mol. The van der Waals surface area contributed by atoms with E-state index in [-0.39, 0.29) is 11.8 Å². The van der Waals surface area contributed by atoms with Gasteiger partial charge in [0.15, 0.2) is 0 Å². The Morgan fingerprint density at radius 1 is 1.04 bits per heavy atom. The van der Waals surface area contributed by atoms with E-state index in [0.717, 1.165) is 23.7 Å². The van der Waals surface area contributed by atoms with Gasteiger partial charge in [0.25, 0.3) is 5.91 Å². The van der Waals surface area contributed by atoms with Crippen LogP contribution in [0.4, 0.5) is 5.69 Å².